The number of ether oxygens (including phenoxy) is 2. The third-order valence-electron chi connectivity index (χ3n) is 5.52. The number of carbonyl (C=O) groups excluding carboxylic acids is 1. The van der Waals surface area contributed by atoms with E-state index in [1.165, 1.54) is 0 Å². The molecule has 1 aromatic carbocycles. The first-order valence-electron chi connectivity index (χ1n) is 10.3. The molecule has 1 saturated carbocycles. The van der Waals surface area contributed by atoms with Gasteiger partial charge in [-0.25, -0.2) is 4.98 Å². The van der Waals surface area contributed by atoms with Gasteiger partial charge in [-0.05, 0) is 44.4 Å². The first kappa shape index (κ1) is 21.6. The summed E-state index contributed by atoms with van der Waals surface area (Å²) in [7, 11) is 0. The Morgan fingerprint density at radius 1 is 1.14 bits per heavy atom. The Bertz CT molecular complexity index is 835. The number of rotatable bonds is 8. The molecule has 29 heavy (non-hydrogen) atoms. The van der Waals surface area contributed by atoms with Crippen molar-refractivity contribution in [2.45, 2.75) is 51.4 Å². The fraction of sp³-hybridized carbons (Fsp3) is 0.478. The Labute approximate surface area is 177 Å². The van der Waals surface area contributed by atoms with E-state index >= 15 is 0 Å². The molecule has 1 aromatic heterocycles. The predicted octanol–water partition coefficient (Wildman–Crippen LogP) is 5.30. The highest BCUT2D eigenvalue weighted by Crippen LogP contribution is 2.43. The van der Waals surface area contributed by atoms with Gasteiger partial charge in [-0.2, -0.15) is 0 Å². The highest BCUT2D eigenvalue weighted by atomic mass is 35.5. The van der Waals surface area contributed by atoms with E-state index in [-0.39, 0.29) is 5.91 Å². The Morgan fingerprint density at radius 3 is 2.59 bits per heavy atom. The number of anilines is 1. The number of pyridine rings is 1. The van der Waals surface area contributed by atoms with Crippen LogP contribution in [0.25, 0.3) is 0 Å². The number of nitrogens with zero attached hydrogens (tertiary/aromatic N) is 1. The molecule has 1 aliphatic rings. The van der Waals surface area contributed by atoms with Gasteiger partial charge in [0.1, 0.15) is 6.61 Å². The number of aromatic nitrogens is 1. The lowest BCUT2D eigenvalue weighted by Crippen LogP contribution is -2.42. The second kappa shape index (κ2) is 10.1. The first-order chi connectivity index (χ1) is 14.1. The van der Waals surface area contributed by atoms with E-state index < -0.39 is 5.41 Å². The first-order valence-corrected chi connectivity index (χ1v) is 10.7. The summed E-state index contributed by atoms with van der Waals surface area (Å²) in [5, 5.41) is 3.76. The Morgan fingerprint density at radius 2 is 1.90 bits per heavy atom. The largest absolute Gasteiger partial charge is 0.475 e. The number of aryl methyl sites for hydroxylation is 1. The van der Waals surface area contributed by atoms with Gasteiger partial charge in [0.15, 0.2) is 0 Å². The summed E-state index contributed by atoms with van der Waals surface area (Å²) in [6.45, 7) is 5.45. The molecule has 0 radical (unpaired) electrons. The summed E-state index contributed by atoms with van der Waals surface area (Å²) >= 11 is 6.50. The van der Waals surface area contributed by atoms with Crippen LogP contribution < -0.4 is 10.1 Å². The van der Waals surface area contributed by atoms with Crippen LogP contribution in [0.15, 0.2) is 36.4 Å². The summed E-state index contributed by atoms with van der Waals surface area (Å²) < 4.78 is 10.9. The standard InChI is InChI=1S/C23H29ClN2O3/c1-3-28-15-16-29-21-12-11-20(17(2)25-21)26-22(27)23(13-7-4-8-14-23)18-9-5-6-10-19(18)24/h5-6,9-12H,3-4,7-8,13-16H2,1-2H3,(H,26,27). The maximum atomic E-state index is 13.5. The van der Waals surface area contributed by atoms with Crippen molar-refractivity contribution in [2.75, 3.05) is 25.1 Å². The molecule has 6 heteroatoms. The topological polar surface area (TPSA) is 60.5 Å². The average Bonchev–Trinajstić information content (AvgIpc) is 2.74. The van der Waals surface area contributed by atoms with Crippen LogP contribution in [-0.4, -0.2) is 30.7 Å². The smallest absolute Gasteiger partial charge is 0.235 e. The molecule has 3 rings (SSSR count). The van der Waals surface area contributed by atoms with E-state index in [9.17, 15) is 4.79 Å². The lowest BCUT2D eigenvalue weighted by molar-refractivity contribution is -0.122. The van der Waals surface area contributed by atoms with Crippen molar-refractivity contribution in [1.82, 2.24) is 4.98 Å². The summed E-state index contributed by atoms with van der Waals surface area (Å²) in [6, 6.07) is 11.3. The van der Waals surface area contributed by atoms with Crippen LogP contribution in [0.2, 0.25) is 5.02 Å². The molecule has 2 aromatic rings. The second-order valence-electron chi connectivity index (χ2n) is 7.40. The monoisotopic (exact) mass is 416 g/mol. The van der Waals surface area contributed by atoms with Gasteiger partial charge in [0.25, 0.3) is 0 Å². The fourth-order valence-electron chi connectivity index (χ4n) is 3.97. The maximum Gasteiger partial charge on any atom is 0.235 e. The molecule has 1 fully saturated rings. The Hall–Kier alpha value is -2.11. The van der Waals surface area contributed by atoms with Gasteiger partial charge in [-0.3, -0.25) is 4.79 Å². The van der Waals surface area contributed by atoms with E-state index in [0.717, 1.165) is 43.4 Å². The normalized spacial score (nSPS) is 15.7. The molecule has 0 atom stereocenters. The van der Waals surface area contributed by atoms with E-state index in [1.54, 1.807) is 6.07 Å². The van der Waals surface area contributed by atoms with E-state index in [0.29, 0.717) is 36.4 Å². The number of amides is 1. The molecule has 0 aliphatic heterocycles. The zero-order valence-corrected chi connectivity index (χ0v) is 17.9. The fourth-order valence-corrected chi connectivity index (χ4v) is 4.28. The van der Waals surface area contributed by atoms with Gasteiger partial charge in [-0.15, -0.1) is 0 Å². The summed E-state index contributed by atoms with van der Waals surface area (Å²) in [6.07, 6.45) is 4.78. The van der Waals surface area contributed by atoms with Crippen LogP contribution in [0.1, 0.15) is 50.3 Å². The Balaban J connectivity index is 1.77. The van der Waals surface area contributed by atoms with Gasteiger partial charge >= 0.3 is 0 Å². The minimum absolute atomic E-state index is 0.0137. The van der Waals surface area contributed by atoms with Crippen LogP contribution in [0.5, 0.6) is 5.88 Å². The molecular weight excluding hydrogens is 388 g/mol. The number of benzene rings is 1. The predicted molar refractivity (Wildman–Crippen MR) is 116 cm³/mol. The average molecular weight is 417 g/mol. The molecule has 1 N–H and O–H groups in total. The Kier molecular flexibility index (Phi) is 7.51. The zero-order valence-electron chi connectivity index (χ0n) is 17.2. The molecular formula is C23H29ClN2O3. The summed E-state index contributed by atoms with van der Waals surface area (Å²) in [4.78, 5) is 17.9. The quantitative estimate of drug-likeness (QED) is 0.593. The molecule has 0 bridgehead atoms. The SMILES string of the molecule is CCOCCOc1ccc(NC(=O)C2(c3ccccc3Cl)CCCCC2)c(C)n1. The third-order valence-corrected chi connectivity index (χ3v) is 5.85. The molecule has 1 heterocycles. The summed E-state index contributed by atoms with van der Waals surface area (Å²) in [5.74, 6) is 0.513. The molecule has 156 valence electrons. The van der Waals surface area contributed by atoms with E-state index in [1.807, 2.05) is 44.2 Å². The van der Waals surface area contributed by atoms with E-state index in [2.05, 4.69) is 10.3 Å². The van der Waals surface area contributed by atoms with Gasteiger partial charge in [0, 0.05) is 17.7 Å². The van der Waals surface area contributed by atoms with Crippen LogP contribution in [0.3, 0.4) is 0 Å². The second-order valence-corrected chi connectivity index (χ2v) is 7.81. The van der Waals surface area contributed by atoms with Gasteiger partial charge in [-0.1, -0.05) is 49.1 Å². The van der Waals surface area contributed by atoms with E-state index in [4.69, 9.17) is 21.1 Å². The minimum atomic E-state index is -0.601. The van der Waals surface area contributed by atoms with Crippen LogP contribution >= 0.6 is 11.6 Å². The number of carbonyl (C=O) groups is 1. The zero-order chi connectivity index (χ0) is 20.7. The highest BCUT2D eigenvalue weighted by Gasteiger charge is 2.42. The lowest BCUT2D eigenvalue weighted by atomic mass is 9.68. The van der Waals surface area contributed by atoms with Crippen molar-refractivity contribution in [3.63, 3.8) is 0 Å². The summed E-state index contributed by atoms with van der Waals surface area (Å²) in [5.41, 5.74) is 1.73. The molecule has 0 saturated heterocycles. The third kappa shape index (κ3) is 5.09. The lowest BCUT2D eigenvalue weighted by Gasteiger charge is -2.37. The van der Waals surface area contributed by atoms with Crippen LogP contribution in [-0.2, 0) is 14.9 Å². The molecule has 5 nitrogen and oxygen atoms in total. The van der Waals surface area contributed by atoms with Gasteiger partial charge in [0.05, 0.1) is 23.4 Å². The van der Waals surface area contributed by atoms with Crippen molar-refractivity contribution < 1.29 is 14.3 Å². The highest BCUT2D eigenvalue weighted by molar-refractivity contribution is 6.31. The van der Waals surface area contributed by atoms with Crippen LogP contribution in [0, 0.1) is 6.92 Å². The van der Waals surface area contributed by atoms with Crippen molar-refractivity contribution in [1.29, 1.82) is 0 Å². The molecule has 1 amide bonds. The number of nitrogens with one attached hydrogen (secondary N) is 1. The van der Waals surface area contributed by atoms with Crippen molar-refractivity contribution in [3.05, 3.63) is 52.7 Å². The minimum Gasteiger partial charge on any atom is -0.475 e. The molecule has 1 aliphatic carbocycles. The number of hydrogen-bond donors (Lipinski definition) is 1. The maximum absolute atomic E-state index is 13.5. The van der Waals surface area contributed by atoms with Gasteiger partial charge < -0.3 is 14.8 Å². The number of hydrogen-bond acceptors (Lipinski definition) is 4. The van der Waals surface area contributed by atoms with Crippen molar-refractivity contribution >= 4 is 23.2 Å². The van der Waals surface area contributed by atoms with Gasteiger partial charge in [0.2, 0.25) is 11.8 Å². The number of halogens is 1. The van der Waals surface area contributed by atoms with Crippen molar-refractivity contribution in [2.24, 2.45) is 0 Å². The molecule has 0 spiro atoms. The van der Waals surface area contributed by atoms with Crippen molar-refractivity contribution in [3.8, 4) is 5.88 Å². The molecule has 0 unspecified atom stereocenters. The van der Waals surface area contributed by atoms with Crippen LogP contribution in [0.4, 0.5) is 5.69 Å².